The van der Waals surface area contributed by atoms with Crippen molar-refractivity contribution in [1.29, 1.82) is 0 Å². The monoisotopic (exact) mass is 378 g/mol. The fourth-order valence-electron chi connectivity index (χ4n) is 2.04. The molecule has 0 radical (unpaired) electrons. The maximum absolute atomic E-state index is 5.84. The molecule has 2 aromatic rings. The van der Waals surface area contributed by atoms with Crippen LogP contribution in [0.2, 0.25) is 0 Å². The highest BCUT2D eigenvalue weighted by Crippen LogP contribution is 2.36. The lowest BCUT2D eigenvalue weighted by Crippen LogP contribution is -2.20. The highest BCUT2D eigenvalue weighted by atomic mass is 79.9. The number of methoxy groups -OCH3 is 1. The maximum Gasteiger partial charge on any atom is 0.175 e. The van der Waals surface area contributed by atoms with Crippen LogP contribution >= 0.6 is 15.9 Å². The SMILES string of the molecule is COc1cc(CNNc2ccccc2)cc(Br)c1OCC(C)C. The zero-order valence-corrected chi connectivity index (χ0v) is 15.3. The molecular weight excluding hydrogens is 356 g/mol. The van der Waals surface area contributed by atoms with Gasteiger partial charge in [-0.05, 0) is 51.7 Å². The van der Waals surface area contributed by atoms with E-state index in [0.29, 0.717) is 19.1 Å². The second kappa shape index (κ2) is 8.79. The van der Waals surface area contributed by atoms with Crippen LogP contribution in [0.25, 0.3) is 0 Å². The molecule has 0 aliphatic carbocycles. The quantitative estimate of drug-likeness (QED) is 0.658. The average Bonchev–Trinajstić information content (AvgIpc) is 2.54. The normalized spacial score (nSPS) is 10.7. The molecule has 5 heteroatoms. The topological polar surface area (TPSA) is 42.5 Å². The number of rotatable bonds is 8. The van der Waals surface area contributed by atoms with E-state index in [1.165, 1.54) is 0 Å². The Morgan fingerprint density at radius 3 is 2.52 bits per heavy atom. The Hall–Kier alpha value is -1.72. The van der Waals surface area contributed by atoms with Crippen molar-refractivity contribution in [3.8, 4) is 11.5 Å². The Morgan fingerprint density at radius 2 is 1.87 bits per heavy atom. The first kappa shape index (κ1) is 17.6. The van der Waals surface area contributed by atoms with E-state index in [1.807, 2.05) is 42.5 Å². The summed E-state index contributed by atoms with van der Waals surface area (Å²) in [6, 6.07) is 14.0. The van der Waals surface area contributed by atoms with Crippen molar-refractivity contribution >= 4 is 21.6 Å². The van der Waals surface area contributed by atoms with Gasteiger partial charge >= 0.3 is 0 Å². The van der Waals surface area contributed by atoms with Crippen LogP contribution in [0.4, 0.5) is 5.69 Å². The molecule has 0 aromatic heterocycles. The number of ether oxygens (including phenoxy) is 2. The summed E-state index contributed by atoms with van der Waals surface area (Å²) in [4.78, 5) is 0. The predicted octanol–water partition coefficient (Wildman–Crippen LogP) is 4.61. The number of anilines is 1. The van der Waals surface area contributed by atoms with Gasteiger partial charge in [-0.25, -0.2) is 5.43 Å². The fraction of sp³-hybridized carbons (Fsp3) is 0.333. The highest BCUT2D eigenvalue weighted by molar-refractivity contribution is 9.10. The molecule has 0 saturated carbocycles. The summed E-state index contributed by atoms with van der Waals surface area (Å²) in [5, 5.41) is 0. The summed E-state index contributed by atoms with van der Waals surface area (Å²) in [5.74, 6) is 1.94. The van der Waals surface area contributed by atoms with Crippen molar-refractivity contribution in [1.82, 2.24) is 5.43 Å². The number of hydrogen-bond donors (Lipinski definition) is 2. The van der Waals surface area contributed by atoms with E-state index in [0.717, 1.165) is 27.2 Å². The van der Waals surface area contributed by atoms with Gasteiger partial charge in [0.15, 0.2) is 11.5 Å². The van der Waals surface area contributed by atoms with E-state index < -0.39 is 0 Å². The van der Waals surface area contributed by atoms with E-state index in [-0.39, 0.29) is 0 Å². The van der Waals surface area contributed by atoms with Gasteiger partial charge in [-0.2, -0.15) is 0 Å². The first-order valence-corrected chi connectivity index (χ1v) is 8.42. The number of para-hydroxylation sites is 1. The van der Waals surface area contributed by atoms with Gasteiger partial charge in [-0.3, -0.25) is 0 Å². The zero-order valence-electron chi connectivity index (χ0n) is 13.7. The molecule has 0 saturated heterocycles. The average molecular weight is 379 g/mol. The number of benzene rings is 2. The highest BCUT2D eigenvalue weighted by Gasteiger charge is 2.12. The molecule has 2 rings (SSSR count). The minimum atomic E-state index is 0.461. The smallest absolute Gasteiger partial charge is 0.175 e. The minimum Gasteiger partial charge on any atom is -0.493 e. The Bertz CT molecular complexity index is 618. The van der Waals surface area contributed by atoms with Crippen LogP contribution < -0.4 is 20.3 Å². The predicted molar refractivity (Wildman–Crippen MR) is 97.9 cm³/mol. The van der Waals surface area contributed by atoms with Crippen molar-refractivity contribution in [3.05, 3.63) is 52.5 Å². The van der Waals surface area contributed by atoms with Crippen molar-refractivity contribution in [2.75, 3.05) is 19.1 Å². The van der Waals surface area contributed by atoms with E-state index in [2.05, 4.69) is 40.6 Å². The van der Waals surface area contributed by atoms with E-state index >= 15 is 0 Å². The first-order valence-electron chi connectivity index (χ1n) is 7.63. The summed E-state index contributed by atoms with van der Waals surface area (Å²) < 4.78 is 12.2. The van der Waals surface area contributed by atoms with Gasteiger partial charge in [0.1, 0.15) is 0 Å². The van der Waals surface area contributed by atoms with Gasteiger partial charge in [-0.1, -0.05) is 32.0 Å². The molecule has 0 aliphatic heterocycles. The third-order valence-electron chi connectivity index (χ3n) is 3.15. The Balaban J connectivity index is 2.01. The Kier molecular flexibility index (Phi) is 6.74. The van der Waals surface area contributed by atoms with Crippen LogP contribution in [0, 0.1) is 5.92 Å². The molecule has 0 aliphatic rings. The molecule has 0 amide bonds. The van der Waals surface area contributed by atoms with Crippen molar-refractivity contribution in [2.45, 2.75) is 20.4 Å². The van der Waals surface area contributed by atoms with Gasteiger partial charge in [0.05, 0.1) is 18.2 Å². The molecule has 2 aromatic carbocycles. The number of halogens is 1. The van der Waals surface area contributed by atoms with Crippen LogP contribution in [0.1, 0.15) is 19.4 Å². The lowest BCUT2D eigenvalue weighted by Gasteiger charge is -2.16. The third-order valence-corrected chi connectivity index (χ3v) is 3.74. The second-order valence-corrected chi connectivity index (χ2v) is 6.51. The van der Waals surface area contributed by atoms with Crippen LogP contribution in [0.5, 0.6) is 11.5 Å². The molecule has 4 nitrogen and oxygen atoms in total. The van der Waals surface area contributed by atoms with Gasteiger partial charge < -0.3 is 14.9 Å². The van der Waals surface area contributed by atoms with Crippen molar-refractivity contribution in [3.63, 3.8) is 0 Å². The lowest BCUT2D eigenvalue weighted by atomic mass is 10.2. The molecule has 0 spiro atoms. The van der Waals surface area contributed by atoms with Crippen LogP contribution in [0.15, 0.2) is 46.9 Å². The minimum absolute atomic E-state index is 0.461. The van der Waals surface area contributed by atoms with Crippen molar-refractivity contribution < 1.29 is 9.47 Å². The van der Waals surface area contributed by atoms with Crippen LogP contribution in [0.3, 0.4) is 0 Å². The summed E-state index contributed by atoms with van der Waals surface area (Å²) in [6.45, 7) is 5.55. The summed E-state index contributed by atoms with van der Waals surface area (Å²) in [6.07, 6.45) is 0. The fourth-order valence-corrected chi connectivity index (χ4v) is 2.64. The molecule has 23 heavy (non-hydrogen) atoms. The first-order chi connectivity index (χ1) is 11.1. The molecule has 0 fully saturated rings. The molecule has 0 atom stereocenters. The van der Waals surface area contributed by atoms with Crippen LogP contribution in [-0.4, -0.2) is 13.7 Å². The van der Waals surface area contributed by atoms with Gasteiger partial charge in [-0.15, -0.1) is 0 Å². The molecule has 0 bridgehead atoms. The Labute approximate surface area is 146 Å². The molecule has 2 N–H and O–H groups in total. The third kappa shape index (κ3) is 5.44. The summed E-state index contributed by atoms with van der Waals surface area (Å²) in [5.41, 5.74) is 8.48. The summed E-state index contributed by atoms with van der Waals surface area (Å²) in [7, 11) is 1.66. The number of hydrogen-bond acceptors (Lipinski definition) is 4. The second-order valence-electron chi connectivity index (χ2n) is 5.66. The standard InChI is InChI=1S/C18H23BrN2O2/c1-13(2)12-23-18-16(19)9-14(10-17(18)22-3)11-20-21-15-7-5-4-6-8-15/h4-10,13,20-21H,11-12H2,1-3H3. The van der Waals surface area contributed by atoms with Gasteiger partial charge in [0.2, 0.25) is 0 Å². The zero-order chi connectivity index (χ0) is 16.7. The Morgan fingerprint density at radius 1 is 1.13 bits per heavy atom. The van der Waals surface area contributed by atoms with E-state index in [1.54, 1.807) is 7.11 Å². The molecular formula is C18H23BrN2O2. The van der Waals surface area contributed by atoms with E-state index in [4.69, 9.17) is 9.47 Å². The lowest BCUT2D eigenvalue weighted by molar-refractivity contribution is 0.255. The van der Waals surface area contributed by atoms with Crippen LogP contribution in [-0.2, 0) is 6.54 Å². The van der Waals surface area contributed by atoms with E-state index in [9.17, 15) is 0 Å². The molecule has 124 valence electrons. The maximum atomic E-state index is 5.84. The van der Waals surface area contributed by atoms with Gasteiger partial charge in [0.25, 0.3) is 0 Å². The number of hydrazine groups is 1. The summed E-state index contributed by atoms with van der Waals surface area (Å²) >= 11 is 3.57. The molecule has 0 unspecified atom stereocenters. The molecule has 0 heterocycles. The van der Waals surface area contributed by atoms with Crippen molar-refractivity contribution in [2.24, 2.45) is 5.92 Å². The van der Waals surface area contributed by atoms with Gasteiger partial charge in [0, 0.05) is 12.2 Å². The largest absolute Gasteiger partial charge is 0.493 e. The number of nitrogens with one attached hydrogen (secondary N) is 2.